The molecule has 1 aliphatic heterocycles. The third-order valence-electron chi connectivity index (χ3n) is 4.77. The van der Waals surface area contributed by atoms with Crippen LogP contribution >= 0.6 is 0 Å². The lowest BCUT2D eigenvalue weighted by molar-refractivity contribution is -0.119. The van der Waals surface area contributed by atoms with Crippen LogP contribution in [0.25, 0.3) is 0 Å². The van der Waals surface area contributed by atoms with Crippen molar-refractivity contribution in [2.24, 2.45) is 5.73 Å². The Labute approximate surface area is 143 Å². The van der Waals surface area contributed by atoms with Crippen molar-refractivity contribution in [3.8, 4) is 0 Å². The zero-order valence-electron chi connectivity index (χ0n) is 14.2. The van der Waals surface area contributed by atoms with Crippen LogP contribution in [0.4, 0.5) is 0 Å². The second-order valence-electron chi connectivity index (χ2n) is 6.49. The molecule has 1 unspecified atom stereocenters. The number of rotatable bonds is 6. The summed E-state index contributed by atoms with van der Waals surface area (Å²) in [6, 6.07) is 16.7. The number of amides is 1. The predicted octanol–water partition coefficient (Wildman–Crippen LogP) is 2.38. The summed E-state index contributed by atoms with van der Waals surface area (Å²) in [5, 5.41) is 3.42. The Balaban J connectivity index is 1.83. The van der Waals surface area contributed by atoms with E-state index in [2.05, 4.69) is 47.6 Å². The smallest absolute Gasteiger partial charge is 0.219 e. The second-order valence-corrected chi connectivity index (χ2v) is 6.49. The molecule has 0 aromatic heterocycles. The van der Waals surface area contributed by atoms with E-state index in [4.69, 9.17) is 5.73 Å². The van der Waals surface area contributed by atoms with Crippen LogP contribution in [-0.2, 0) is 24.3 Å². The first-order valence-corrected chi connectivity index (χ1v) is 8.49. The predicted molar refractivity (Wildman–Crippen MR) is 96.3 cm³/mol. The van der Waals surface area contributed by atoms with Crippen molar-refractivity contribution in [2.45, 2.75) is 32.0 Å². The molecule has 2 aromatic rings. The van der Waals surface area contributed by atoms with Crippen molar-refractivity contribution in [3.63, 3.8) is 0 Å². The normalized spacial score (nSPS) is 15.1. The van der Waals surface area contributed by atoms with E-state index in [1.165, 1.54) is 16.7 Å². The summed E-state index contributed by atoms with van der Waals surface area (Å²) in [7, 11) is 2.07. The highest BCUT2D eigenvalue weighted by Gasteiger charge is 2.21. The monoisotopic (exact) mass is 323 g/mol. The van der Waals surface area contributed by atoms with Crippen molar-refractivity contribution in [2.75, 3.05) is 13.6 Å². The molecule has 1 aliphatic rings. The molecule has 0 radical (unpaired) electrons. The highest BCUT2D eigenvalue weighted by Crippen LogP contribution is 2.27. The van der Waals surface area contributed by atoms with Gasteiger partial charge in [0.1, 0.15) is 0 Å². The lowest BCUT2D eigenvalue weighted by Crippen LogP contribution is -2.30. The number of nitrogens with one attached hydrogen (secondary N) is 1. The molecule has 0 spiro atoms. The standard InChI is InChI=1S/C20H25N3O/c1-23(19(12-20(21)24)15-6-3-2-4-7-15)14-17-9-5-8-16-13-22-11-10-18(16)17/h2-9,19,22H,10-14H2,1H3,(H2,21,24). The molecule has 2 aromatic carbocycles. The Morgan fingerprint density at radius 2 is 2.00 bits per heavy atom. The number of hydrogen-bond donors (Lipinski definition) is 2. The van der Waals surface area contributed by atoms with Gasteiger partial charge < -0.3 is 11.1 Å². The molecule has 4 nitrogen and oxygen atoms in total. The lowest BCUT2D eigenvalue weighted by Gasteiger charge is -2.30. The van der Waals surface area contributed by atoms with E-state index in [0.29, 0.717) is 6.42 Å². The minimum atomic E-state index is -0.269. The molecular weight excluding hydrogens is 298 g/mol. The van der Waals surface area contributed by atoms with Crippen LogP contribution in [0.1, 0.15) is 34.7 Å². The summed E-state index contributed by atoms with van der Waals surface area (Å²) in [5.74, 6) is -0.269. The molecule has 0 saturated heterocycles. The number of hydrogen-bond acceptors (Lipinski definition) is 3. The molecular formula is C20H25N3O. The van der Waals surface area contributed by atoms with E-state index in [0.717, 1.165) is 31.6 Å². The molecule has 3 N–H and O–H groups in total. The first-order valence-electron chi connectivity index (χ1n) is 8.49. The van der Waals surface area contributed by atoms with Crippen LogP contribution in [0.2, 0.25) is 0 Å². The van der Waals surface area contributed by atoms with Gasteiger partial charge in [-0.15, -0.1) is 0 Å². The highest BCUT2D eigenvalue weighted by atomic mass is 16.1. The molecule has 1 amide bonds. The fourth-order valence-electron chi connectivity index (χ4n) is 3.53. The Bertz CT molecular complexity index is 699. The fraction of sp³-hybridized carbons (Fsp3) is 0.350. The van der Waals surface area contributed by atoms with Crippen LogP contribution in [0.5, 0.6) is 0 Å². The van der Waals surface area contributed by atoms with E-state index >= 15 is 0 Å². The molecule has 0 saturated carbocycles. The van der Waals surface area contributed by atoms with Gasteiger partial charge in [-0.2, -0.15) is 0 Å². The summed E-state index contributed by atoms with van der Waals surface area (Å²) in [5.41, 5.74) is 10.8. The maximum absolute atomic E-state index is 11.6. The van der Waals surface area contributed by atoms with E-state index in [-0.39, 0.29) is 11.9 Å². The third-order valence-corrected chi connectivity index (χ3v) is 4.77. The van der Waals surface area contributed by atoms with Gasteiger partial charge in [0.25, 0.3) is 0 Å². The Kier molecular flexibility index (Phi) is 5.28. The van der Waals surface area contributed by atoms with Crippen molar-refractivity contribution in [1.29, 1.82) is 0 Å². The zero-order valence-corrected chi connectivity index (χ0v) is 14.2. The van der Waals surface area contributed by atoms with Crippen LogP contribution in [0.3, 0.4) is 0 Å². The third kappa shape index (κ3) is 3.83. The number of benzene rings is 2. The first kappa shape index (κ1) is 16.7. The van der Waals surface area contributed by atoms with Crippen LogP contribution in [-0.4, -0.2) is 24.4 Å². The number of primary amides is 1. The average molecular weight is 323 g/mol. The average Bonchev–Trinajstić information content (AvgIpc) is 2.60. The summed E-state index contributed by atoms with van der Waals surface area (Å²) in [4.78, 5) is 13.8. The van der Waals surface area contributed by atoms with Crippen molar-refractivity contribution in [3.05, 3.63) is 70.8 Å². The minimum Gasteiger partial charge on any atom is -0.370 e. The molecule has 24 heavy (non-hydrogen) atoms. The summed E-state index contributed by atoms with van der Waals surface area (Å²) in [6.07, 6.45) is 1.39. The second kappa shape index (κ2) is 7.60. The number of carbonyl (C=O) groups is 1. The van der Waals surface area contributed by atoms with Gasteiger partial charge in [-0.05, 0) is 42.3 Å². The van der Waals surface area contributed by atoms with Crippen LogP contribution in [0, 0.1) is 0 Å². The van der Waals surface area contributed by atoms with Crippen LogP contribution in [0.15, 0.2) is 48.5 Å². The van der Waals surface area contributed by atoms with Gasteiger partial charge in [0, 0.05) is 25.6 Å². The topological polar surface area (TPSA) is 58.4 Å². The van der Waals surface area contributed by atoms with E-state index in [1.54, 1.807) is 0 Å². The quantitative estimate of drug-likeness (QED) is 0.858. The molecule has 3 rings (SSSR count). The van der Waals surface area contributed by atoms with Gasteiger partial charge in [0.15, 0.2) is 0 Å². The first-order chi connectivity index (χ1) is 11.6. The van der Waals surface area contributed by atoms with E-state index in [9.17, 15) is 4.79 Å². The van der Waals surface area contributed by atoms with E-state index < -0.39 is 0 Å². The maximum atomic E-state index is 11.6. The van der Waals surface area contributed by atoms with E-state index in [1.807, 2.05) is 18.2 Å². The fourth-order valence-corrected chi connectivity index (χ4v) is 3.53. The van der Waals surface area contributed by atoms with Crippen LogP contribution < -0.4 is 11.1 Å². The largest absolute Gasteiger partial charge is 0.370 e. The van der Waals surface area contributed by atoms with Crippen molar-refractivity contribution < 1.29 is 4.79 Å². The lowest BCUT2D eigenvalue weighted by atomic mass is 9.94. The van der Waals surface area contributed by atoms with Crippen molar-refractivity contribution in [1.82, 2.24) is 10.2 Å². The summed E-state index contributed by atoms with van der Waals surface area (Å²) < 4.78 is 0. The molecule has 0 fully saturated rings. The maximum Gasteiger partial charge on any atom is 0.219 e. The van der Waals surface area contributed by atoms with Crippen molar-refractivity contribution >= 4 is 5.91 Å². The Morgan fingerprint density at radius 3 is 2.75 bits per heavy atom. The van der Waals surface area contributed by atoms with Gasteiger partial charge in [-0.1, -0.05) is 48.5 Å². The highest BCUT2D eigenvalue weighted by molar-refractivity contribution is 5.74. The SMILES string of the molecule is CN(Cc1cccc2c1CCNC2)C(CC(N)=O)c1ccccc1. The number of carbonyl (C=O) groups excluding carboxylic acids is 1. The summed E-state index contributed by atoms with van der Waals surface area (Å²) >= 11 is 0. The van der Waals surface area contributed by atoms with Gasteiger partial charge in [0.2, 0.25) is 5.91 Å². The molecule has 4 heteroatoms. The number of nitrogens with two attached hydrogens (primary N) is 1. The van der Waals surface area contributed by atoms with Gasteiger partial charge >= 0.3 is 0 Å². The van der Waals surface area contributed by atoms with Gasteiger partial charge in [-0.25, -0.2) is 0 Å². The number of nitrogens with zero attached hydrogens (tertiary/aromatic N) is 1. The molecule has 0 bridgehead atoms. The number of fused-ring (bicyclic) bond motifs is 1. The molecule has 1 atom stereocenters. The minimum absolute atomic E-state index is 0.00118. The molecule has 0 aliphatic carbocycles. The Hall–Kier alpha value is -2.17. The Morgan fingerprint density at radius 1 is 1.21 bits per heavy atom. The van der Waals surface area contributed by atoms with Gasteiger partial charge in [0.05, 0.1) is 0 Å². The molecule has 1 heterocycles. The van der Waals surface area contributed by atoms with Gasteiger partial charge in [-0.3, -0.25) is 9.69 Å². The molecule has 126 valence electrons. The zero-order chi connectivity index (χ0) is 16.9. The summed E-state index contributed by atoms with van der Waals surface area (Å²) in [6.45, 7) is 2.78.